The first-order valence-electron chi connectivity index (χ1n) is 10.8. The second-order valence-electron chi connectivity index (χ2n) is 8.18. The van der Waals surface area contributed by atoms with Crippen molar-refractivity contribution in [3.63, 3.8) is 0 Å². The molecular formula is C25H24FN7O. The maximum atomic E-state index is 13.7. The summed E-state index contributed by atoms with van der Waals surface area (Å²) < 4.78 is 15.4. The van der Waals surface area contributed by atoms with Gasteiger partial charge < -0.3 is 11.1 Å². The molecule has 0 aliphatic carbocycles. The highest BCUT2D eigenvalue weighted by Gasteiger charge is 2.29. The Balaban J connectivity index is 1.38. The van der Waals surface area contributed by atoms with Crippen molar-refractivity contribution in [2.45, 2.75) is 19.4 Å². The summed E-state index contributed by atoms with van der Waals surface area (Å²) in [6, 6.07) is 12.3. The van der Waals surface area contributed by atoms with Gasteiger partial charge in [-0.2, -0.15) is 10.2 Å². The van der Waals surface area contributed by atoms with Gasteiger partial charge in [-0.15, -0.1) is 0 Å². The van der Waals surface area contributed by atoms with Crippen molar-refractivity contribution >= 4 is 22.5 Å². The highest BCUT2D eigenvalue weighted by Crippen LogP contribution is 2.33. The zero-order valence-electron chi connectivity index (χ0n) is 18.9. The summed E-state index contributed by atoms with van der Waals surface area (Å²) in [5.74, 6) is 7.05. The van der Waals surface area contributed by atoms with E-state index < -0.39 is 0 Å². The number of benzene rings is 2. The van der Waals surface area contributed by atoms with Gasteiger partial charge in [-0.1, -0.05) is 30.7 Å². The summed E-state index contributed by atoms with van der Waals surface area (Å²) in [4.78, 5) is 5.79. The monoisotopic (exact) mass is 457 g/mol. The lowest BCUT2D eigenvalue weighted by atomic mass is 10.0. The Morgan fingerprint density at radius 3 is 2.97 bits per heavy atom. The van der Waals surface area contributed by atoms with Crippen molar-refractivity contribution in [1.82, 2.24) is 25.0 Å². The molecule has 1 atom stereocenters. The summed E-state index contributed by atoms with van der Waals surface area (Å²) >= 11 is 0. The van der Waals surface area contributed by atoms with Crippen LogP contribution in [0.4, 0.5) is 15.9 Å². The molecule has 0 unspecified atom stereocenters. The molecule has 1 aliphatic rings. The first-order valence-corrected chi connectivity index (χ1v) is 10.8. The molecule has 2 aromatic carbocycles. The van der Waals surface area contributed by atoms with Crippen molar-refractivity contribution in [3.05, 3.63) is 83.1 Å². The van der Waals surface area contributed by atoms with Crippen molar-refractivity contribution < 1.29 is 9.23 Å². The van der Waals surface area contributed by atoms with Crippen LogP contribution in [0.25, 0.3) is 11.0 Å². The van der Waals surface area contributed by atoms with E-state index in [1.165, 1.54) is 12.1 Å². The molecule has 3 heterocycles. The minimum Gasteiger partial charge on any atom is -0.383 e. The molecule has 4 N–H and O–H groups in total. The Hall–Kier alpha value is -4.29. The predicted molar refractivity (Wildman–Crippen MR) is 129 cm³/mol. The van der Waals surface area contributed by atoms with Gasteiger partial charge in [0.25, 0.3) is 0 Å². The van der Waals surface area contributed by atoms with E-state index in [1.54, 1.807) is 22.9 Å². The fourth-order valence-electron chi connectivity index (χ4n) is 4.08. The summed E-state index contributed by atoms with van der Waals surface area (Å²) in [6.45, 7) is 6.66. The van der Waals surface area contributed by atoms with Gasteiger partial charge in [0, 0.05) is 24.7 Å². The van der Waals surface area contributed by atoms with Gasteiger partial charge in [-0.05, 0) is 48.2 Å². The maximum Gasteiger partial charge on any atom is 0.182 e. The summed E-state index contributed by atoms with van der Waals surface area (Å²) in [5.41, 5.74) is 10.7. The van der Waals surface area contributed by atoms with Crippen LogP contribution in [0.3, 0.4) is 0 Å². The Morgan fingerprint density at radius 2 is 2.15 bits per heavy atom. The van der Waals surface area contributed by atoms with E-state index in [0.29, 0.717) is 35.0 Å². The minimum absolute atomic E-state index is 0.118. The van der Waals surface area contributed by atoms with Gasteiger partial charge in [0.15, 0.2) is 5.65 Å². The van der Waals surface area contributed by atoms with E-state index >= 15 is 0 Å². The van der Waals surface area contributed by atoms with Crippen LogP contribution in [0.2, 0.25) is 0 Å². The first kappa shape index (κ1) is 21.6. The number of anilines is 2. The molecule has 0 radical (unpaired) electrons. The number of nitrogen functional groups attached to an aromatic ring is 1. The van der Waals surface area contributed by atoms with E-state index in [9.17, 15) is 4.39 Å². The number of aromatic nitrogens is 4. The Bertz CT molecular complexity index is 1460. The fraction of sp³-hybridized carbons (Fsp3) is 0.200. The van der Waals surface area contributed by atoms with E-state index in [-0.39, 0.29) is 11.9 Å². The molecular weight excluding hydrogens is 433 g/mol. The number of fused-ring (bicyclic) bond motifs is 1. The number of nitrogens with two attached hydrogens (primary N) is 1. The summed E-state index contributed by atoms with van der Waals surface area (Å²) in [6.07, 6.45) is 0.741. The zero-order chi connectivity index (χ0) is 23.8. The second kappa shape index (κ2) is 8.57. The lowest BCUT2D eigenvalue weighted by Crippen LogP contribution is -2.25. The van der Waals surface area contributed by atoms with Crippen molar-refractivity contribution in [3.8, 4) is 11.8 Å². The zero-order valence-corrected chi connectivity index (χ0v) is 18.9. The lowest BCUT2D eigenvalue weighted by Gasteiger charge is -2.27. The average Bonchev–Trinajstić information content (AvgIpc) is 3.52. The average molecular weight is 458 g/mol. The number of rotatable bonds is 4. The highest BCUT2D eigenvalue weighted by atomic mass is 19.1. The van der Waals surface area contributed by atoms with Crippen LogP contribution in [-0.4, -0.2) is 31.6 Å². The SMILES string of the molecule is C=C(Nc1ccc(C)c(C#Cc2nn(C)c3n[nH]c(N)c23)c1)N1OCC[C@@H]1c1cccc(F)c1. The number of hydrogen-bond donors (Lipinski definition) is 3. The van der Waals surface area contributed by atoms with Gasteiger partial charge >= 0.3 is 0 Å². The van der Waals surface area contributed by atoms with Gasteiger partial charge in [-0.25, -0.2) is 14.1 Å². The maximum absolute atomic E-state index is 13.7. The molecule has 2 aromatic heterocycles. The van der Waals surface area contributed by atoms with E-state index in [1.807, 2.05) is 31.2 Å². The van der Waals surface area contributed by atoms with Crippen LogP contribution in [0, 0.1) is 24.6 Å². The smallest absolute Gasteiger partial charge is 0.182 e. The first-order chi connectivity index (χ1) is 16.4. The third-order valence-electron chi connectivity index (χ3n) is 5.81. The number of nitrogens with one attached hydrogen (secondary N) is 2. The van der Waals surface area contributed by atoms with Gasteiger partial charge in [0.2, 0.25) is 0 Å². The minimum atomic E-state index is -0.271. The molecule has 5 rings (SSSR count). The molecule has 0 amide bonds. The van der Waals surface area contributed by atoms with Crippen LogP contribution in [0.15, 0.2) is 54.9 Å². The third-order valence-corrected chi connectivity index (χ3v) is 5.81. The molecule has 1 fully saturated rings. The van der Waals surface area contributed by atoms with Gasteiger partial charge in [-0.3, -0.25) is 9.94 Å². The van der Waals surface area contributed by atoms with Crippen LogP contribution in [-0.2, 0) is 11.9 Å². The third kappa shape index (κ3) is 3.95. The largest absolute Gasteiger partial charge is 0.383 e. The van der Waals surface area contributed by atoms with E-state index in [2.05, 4.69) is 39.0 Å². The Kier molecular flexibility index (Phi) is 5.43. The topological polar surface area (TPSA) is 97.0 Å². The molecule has 34 heavy (non-hydrogen) atoms. The van der Waals surface area contributed by atoms with Crippen molar-refractivity contribution in [2.75, 3.05) is 17.7 Å². The fourth-order valence-corrected chi connectivity index (χ4v) is 4.08. The molecule has 9 heteroatoms. The van der Waals surface area contributed by atoms with Gasteiger partial charge in [0.05, 0.1) is 18.0 Å². The van der Waals surface area contributed by atoms with Gasteiger partial charge in [0.1, 0.15) is 23.1 Å². The van der Waals surface area contributed by atoms with Crippen molar-refractivity contribution in [2.24, 2.45) is 7.05 Å². The van der Waals surface area contributed by atoms with Crippen LogP contribution < -0.4 is 11.1 Å². The van der Waals surface area contributed by atoms with E-state index in [4.69, 9.17) is 10.6 Å². The molecule has 1 saturated heterocycles. The lowest BCUT2D eigenvalue weighted by molar-refractivity contribution is -0.0999. The molecule has 4 aromatic rings. The second-order valence-corrected chi connectivity index (χ2v) is 8.18. The molecule has 172 valence electrons. The Morgan fingerprint density at radius 1 is 1.29 bits per heavy atom. The molecule has 0 spiro atoms. The number of hydroxylamine groups is 2. The number of H-pyrrole nitrogens is 1. The summed E-state index contributed by atoms with van der Waals surface area (Å²) in [7, 11) is 1.80. The van der Waals surface area contributed by atoms with Crippen LogP contribution in [0.1, 0.15) is 34.8 Å². The molecule has 8 nitrogen and oxygen atoms in total. The standard InChI is InChI=1S/C25H24FN7O/c1-15-7-9-20(14-17(15)8-10-21-23-24(27)29-30-25(23)32(3)31-21)28-16(2)33-22(11-12-34-33)18-5-4-6-19(26)13-18/h4-7,9,13-14,22,28H,2,11-12H2,1,3H3,(H3,27,29,30)/t22-/m1/s1. The van der Waals surface area contributed by atoms with E-state index in [0.717, 1.165) is 28.8 Å². The molecule has 1 aliphatic heterocycles. The highest BCUT2D eigenvalue weighted by molar-refractivity contribution is 5.91. The number of aromatic amines is 1. The number of nitrogens with zero attached hydrogens (tertiary/aromatic N) is 4. The quantitative estimate of drug-likeness (QED) is 0.401. The molecule has 0 saturated carbocycles. The van der Waals surface area contributed by atoms with Crippen molar-refractivity contribution in [1.29, 1.82) is 0 Å². The number of hydrogen-bond acceptors (Lipinski definition) is 6. The summed E-state index contributed by atoms with van der Waals surface area (Å²) in [5, 5.41) is 17.0. The van der Waals surface area contributed by atoms with Crippen LogP contribution in [0.5, 0.6) is 0 Å². The van der Waals surface area contributed by atoms with Crippen LogP contribution >= 0.6 is 0 Å². The normalized spacial score (nSPS) is 15.4. The molecule has 0 bridgehead atoms. The Labute approximate surface area is 196 Å². The number of aryl methyl sites for hydroxylation is 2. The number of halogens is 1. The predicted octanol–water partition coefficient (Wildman–Crippen LogP) is 3.99.